The maximum absolute atomic E-state index is 13.6. The first kappa shape index (κ1) is 20.5. The van der Waals surface area contributed by atoms with Gasteiger partial charge in [-0.15, -0.1) is 0 Å². The van der Waals surface area contributed by atoms with E-state index in [1.54, 1.807) is 19.1 Å². The summed E-state index contributed by atoms with van der Waals surface area (Å²) in [6.07, 6.45) is 3.89. The van der Waals surface area contributed by atoms with Crippen LogP contribution in [0.1, 0.15) is 44.3 Å². The molecule has 1 aromatic heterocycles. The average Bonchev–Trinajstić information content (AvgIpc) is 2.74. The van der Waals surface area contributed by atoms with Crippen molar-refractivity contribution in [2.45, 2.75) is 44.6 Å². The molecular weight excluding hydrogens is 385 g/mol. The highest BCUT2D eigenvalue weighted by Gasteiger charge is 2.26. The molecule has 1 aromatic carbocycles. The van der Waals surface area contributed by atoms with E-state index in [1.165, 1.54) is 12.1 Å². The number of likely N-dealkylation sites (tertiary alicyclic amines) is 1. The highest BCUT2D eigenvalue weighted by atomic mass is 19.1. The van der Waals surface area contributed by atoms with E-state index < -0.39 is 0 Å². The number of carbonyl (C=O) groups is 1. The van der Waals surface area contributed by atoms with Crippen molar-refractivity contribution in [1.82, 2.24) is 14.9 Å². The Morgan fingerprint density at radius 2 is 2.07 bits per heavy atom. The number of rotatable bonds is 5. The van der Waals surface area contributed by atoms with E-state index in [-0.39, 0.29) is 23.7 Å². The molecule has 0 saturated carbocycles. The van der Waals surface area contributed by atoms with Crippen LogP contribution in [-0.4, -0.2) is 53.1 Å². The molecule has 160 valence electrons. The number of amides is 1. The summed E-state index contributed by atoms with van der Waals surface area (Å²) in [5, 5.41) is 6.65. The minimum atomic E-state index is -0.309. The Kier molecular flexibility index (Phi) is 6.42. The monoisotopic (exact) mass is 413 g/mol. The molecule has 0 aliphatic carbocycles. The smallest absolute Gasteiger partial charge is 0.219 e. The molecule has 0 spiro atoms. The average molecular weight is 413 g/mol. The summed E-state index contributed by atoms with van der Waals surface area (Å²) in [6.45, 7) is 4.43. The van der Waals surface area contributed by atoms with Crippen molar-refractivity contribution in [2.75, 3.05) is 36.9 Å². The Hall–Kier alpha value is -2.74. The third kappa shape index (κ3) is 5.24. The number of nitrogens with zero attached hydrogens (tertiary/aromatic N) is 3. The van der Waals surface area contributed by atoms with Gasteiger partial charge in [0, 0.05) is 44.3 Å². The maximum atomic E-state index is 13.6. The van der Waals surface area contributed by atoms with E-state index in [9.17, 15) is 9.18 Å². The lowest BCUT2D eigenvalue weighted by Gasteiger charge is -2.31. The molecule has 2 aromatic rings. The summed E-state index contributed by atoms with van der Waals surface area (Å²) >= 11 is 0. The van der Waals surface area contributed by atoms with Gasteiger partial charge in [-0.2, -0.15) is 0 Å². The van der Waals surface area contributed by atoms with E-state index in [2.05, 4.69) is 10.6 Å². The van der Waals surface area contributed by atoms with Gasteiger partial charge >= 0.3 is 0 Å². The van der Waals surface area contributed by atoms with Crippen molar-refractivity contribution in [1.29, 1.82) is 0 Å². The Morgan fingerprint density at radius 3 is 2.83 bits per heavy atom. The molecule has 0 bridgehead atoms. The Balaban J connectivity index is 1.60. The number of halogens is 1. The van der Waals surface area contributed by atoms with Gasteiger partial charge in [0.2, 0.25) is 5.91 Å². The standard InChI is InChI=1S/C22H28FN5O2/c1-15(29)28-9-3-5-16(13-28)22-26-20(24-18-7-2-6-17(23)11-18)12-21(27-22)25-19-8-4-10-30-14-19/h2,6-7,11-12,16,19H,3-5,8-10,13-14H2,1H3,(H2,24,25,26,27). The third-order valence-corrected chi connectivity index (χ3v) is 5.58. The number of benzene rings is 1. The number of hydrogen-bond acceptors (Lipinski definition) is 6. The van der Waals surface area contributed by atoms with Crippen molar-refractivity contribution in [2.24, 2.45) is 0 Å². The van der Waals surface area contributed by atoms with Crippen LogP contribution in [0.4, 0.5) is 21.7 Å². The molecule has 2 atom stereocenters. The van der Waals surface area contributed by atoms with Crippen LogP contribution < -0.4 is 10.6 Å². The third-order valence-electron chi connectivity index (χ3n) is 5.58. The number of carbonyl (C=O) groups excluding carboxylic acids is 1. The molecule has 2 fully saturated rings. The predicted molar refractivity (Wildman–Crippen MR) is 113 cm³/mol. The molecule has 4 rings (SSSR count). The lowest BCUT2D eigenvalue weighted by Crippen LogP contribution is -2.38. The van der Waals surface area contributed by atoms with Gasteiger partial charge in [-0.25, -0.2) is 14.4 Å². The predicted octanol–water partition coefficient (Wildman–Crippen LogP) is 3.68. The van der Waals surface area contributed by atoms with E-state index in [4.69, 9.17) is 14.7 Å². The lowest BCUT2D eigenvalue weighted by molar-refractivity contribution is -0.130. The van der Waals surface area contributed by atoms with Gasteiger partial charge in [-0.05, 0) is 43.9 Å². The number of piperidine rings is 1. The molecule has 2 saturated heterocycles. The largest absolute Gasteiger partial charge is 0.379 e. The molecule has 3 heterocycles. The molecule has 7 nitrogen and oxygen atoms in total. The fourth-order valence-electron chi connectivity index (χ4n) is 4.04. The van der Waals surface area contributed by atoms with Gasteiger partial charge < -0.3 is 20.3 Å². The van der Waals surface area contributed by atoms with E-state index in [1.807, 2.05) is 11.0 Å². The summed E-state index contributed by atoms with van der Waals surface area (Å²) < 4.78 is 19.2. The fourth-order valence-corrected chi connectivity index (χ4v) is 4.04. The quantitative estimate of drug-likeness (QED) is 0.779. The number of ether oxygens (including phenoxy) is 1. The highest BCUT2D eigenvalue weighted by Crippen LogP contribution is 2.28. The molecule has 2 N–H and O–H groups in total. The van der Waals surface area contributed by atoms with Crippen LogP contribution in [0.2, 0.25) is 0 Å². The van der Waals surface area contributed by atoms with Gasteiger partial charge in [0.15, 0.2) is 0 Å². The SMILES string of the molecule is CC(=O)N1CCCC(c2nc(Nc3cccc(F)c3)cc(NC3CCCOC3)n2)C1. The van der Waals surface area contributed by atoms with Crippen molar-refractivity contribution in [3.8, 4) is 0 Å². The van der Waals surface area contributed by atoms with Gasteiger partial charge in [-0.3, -0.25) is 4.79 Å². The Labute approximate surface area is 176 Å². The molecule has 2 unspecified atom stereocenters. The summed E-state index contributed by atoms with van der Waals surface area (Å²) in [5.74, 6) is 1.85. The minimum Gasteiger partial charge on any atom is -0.379 e. The van der Waals surface area contributed by atoms with Gasteiger partial charge in [0.1, 0.15) is 23.3 Å². The second kappa shape index (κ2) is 9.38. The topological polar surface area (TPSA) is 79.4 Å². The van der Waals surface area contributed by atoms with Crippen LogP contribution in [0.5, 0.6) is 0 Å². The van der Waals surface area contributed by atoms with Gasteiger partial charge in [-0.1, -0.05) is 6.07 Å². The molecule has 2 aliphatic heterocycles. The summed E-state index contributed by atoms with van der Waals surface area (Å²) in [6, 6.07) is 8.33. The second-order valence-electron chi connectivity index (χ2n) is 7.99. The van der Waals surface area contributed by atoms with Crippen molar-refractivity contribution < 1.29 is 13.9 Å². The zero-order chi connectivity index (χ0) is 20.9. The summed E-state index contributed by atoms with van der Waals surface area (Å²) in [7, 11) is 0. The second-order valence-corrected chi connectivity index (χ2v) is 7.99. The van der Waals surface area contributed by atoms with Gasteiger partial charge in [0.25, 0.3) is 0 Å². The van der Waals surface area contributed by atoms with Crippen molar-refractivity contribution in [3.63, 3.8) is 0 Å². The fraction of sp³-hybridized carbons (Fsp3) is 0.500. The molecule has 8 heteroatoms. The Morgan fingerprint density at radius 1 is 1.20 bits per heavy atom. The molecule has 1 amide bonds. The normalized spacial score (nSPS) is 21.9. The maximum Gasteiger partial charge on any atom is 0.219 e. The molecule has 0 radical (unpaired) electrons. The summed E-state index contributed by atoms with van der Waals surface area (Å²) in [5.41, 5.74) is 0.626. The highest BCUT2D eigenvalue weighted by molar-refractivity contribution is 5.73. The van der Waals surface area contributed by atoms with E-state index in [0.29, 0.717) is 36.3 Å². The first-order valence-electron chi connectivity index (χ1n) is 10.6. The zero-order valence-electron chi connectivity index (χ0n) is 17.2. The zero-order valence-corrected chi connectivity index (χ0v) is 17.2. The Bertz CT molecular complexity index is 888. The molecule has 2 aliphatic rings. The van der Waals surface area contributed by atoms with Crippen molar-refractivity contribution >= 4 is 23.2 Å². The summed E-state index contributed by atoms with van der Waals surface area (Å²) in [4.78, 5) is 23.2. The molecule has 30 heavy (non-hydrogen) atoms. The van der Waals surface area contributed by atoms with Crippen LogP contribution in [-0.2, 0) is 9.53 Å². The number of anilines is 3. The minimum absolute atomic E-state index is 0.0695. The first-order chi connectivity index (χ1) is 14.6. The van der Waals surface area contributed by atoms with Crippen molar-refractivity contribution in [3.05, 3.63) is 42.0 Å². The number of aromatic nitrogens is 2. The van der Waals surface area contributed by atoms with Crippen LogP contribution in [0.15, 0.2) is 30.3 Å². The van der Waals surface area contributed by atoms with Crippen LogP contribution in [0.25, 0.3) is 0 Å². The number of nitrogens with one attached hydrogen (secondary N) is 2. The lowest BCUT2D eigenvalue weighted by atomic mass is 9.97. The van der Waals surface area contributed by atoms with Gasteiger partial charge in [0.05, 0.1) is 12.6 Å². The number of hydrogen-bond donors (Lipinski definition) is 2. The van der Waals surface area contributed by atoms with Crippen LogP contribution in [0.3, 0.4) is 0 Å². The molecular formula is C22H28FN5O2. The van der Waals surface area contributed by atoms with E-state index >= 15 is 0 Å². The van der Waals surface area contributed by atoms with E-state index in [0.717, 1.165) is 38.8 Å². The first-order valence-corrected chi connectivity index (χ1v) is 10.6. The van der Waals surface area contributed by atoms with Crippen LogP contribution >= 0.6 is 0 Å². The van der Waals surface area contributed by atoms with Crippen LogP contribution in [0, 0.1) is 5.82 Å².